The molecule has 156 valence electrons. The molecule has 10 heteroatoms. The lowest BCUT2D eigenvalue weighted by atomic mass is 10.3. The number of hydrogen-bond donors (Lipinski definition) is 2. The molecule has 1 amide bonds. The number of benzene rings is 2. The van der Waals surface area contributed by atoms with Crippen LogP contribution < -0.4 is 15.6 Å². The second-order valence-electron chi connectivity index (χ2n) is 5.96. The number of aromatic nitrogens is 2. The summed E-state index contributed by atoms with van der Waals surface area (Å²) in [5.74, 6) is -0.0719. The van der Waals surface area contributed by atoms with E-state index in [9.17, 15) is 14.7 Å². The summed E-state index contributed by atoms with van der Waals surface area (Å²) in [7, 11) is 0. The highest BCUT2D eigenvalue weighted by Crippen LogP contribution is 2.27. The van der Waals surface area contributed by atoms with Crippen LogP contribution in [0.3, 0.4) is 0 Å². The van der Waals surface area contributed by atoms with Crippen molar-refractivity contribution in [1.29, 1.82) is 0 Å². The van der Waals surface area contributed by atoms with E-state index in [-0.39, 0.29) is 21.8 Å². The Morgan fingerprint density at radius 2 is 1.90 bits per heavy atom. The predicted octanol–water partition coefficient (Wildman–Crippen LogP) is 4.37. The molecule has 2 aromatic carbocycles. The first-order valence-electron chi connectivity index (χ1n) is 8.81. The summed E-state index contributed by atoms with van der Waals surface area (Å²) in [6, 6.07) is 12.6. The van der Waals surface area contributed by atoms with Crippen LogP contribution in [0.15, 0.2) is 58.5 Å². The minimum atomic E-state index is -0.518. The number of halogens is 2. The molecule has 3 rings (SSSR count). The predicted molar refractivity (Wildman–Crippen MR) is 118 cm³/mol. The van der Waals surface area contributed by atoms with Crippen molar-refractivity contribution in [1.82, 2.24) is 9.55 Å². The van der Waals surface area contributed by atoms with Crippen LogP contribution in [0.2, 0.25) is 10.0 Å². The molecule has 0 aliphatic heterocycles. The first-order chi connectivity index (χ1) is 14.4. The third kappa shape index (κ3) is 5.47. The van der Waals surface area contributed by atoms with Gasteiger partial charge in [0.25, 0.3) is 5.56 Å². The molecule has 0 radical (unpaired) electrons. The third-order valence-corrected chi connectivity index (χ3v) is 5.49. The van der Waals surface area contributed by atoms with Crippen LogP contribution in [0.4, 0.5) is 5.69 Å². The van der Waals surface area contributed by atoms with Gasteiger partial charge in [-0.25, -0.2) is 0 Å². The fraction of sp³-hybridized carbons (Fsp3) is 0.150. The van der Waals surface area contributed by atoms with E-state index in [0.29, 0.717) is 28.8 Å². The number of anilines is 1. The molecular formula is C20H17Cl2N3O4S. The van der Waals surface area contributed by atoms with E-state index in [1.807, 2.05) is 6.92 Å². The Morgan fingerprint density at radius 3 is 2.57 bits per heavy atom. The number of carbonyl (C=O) groups excluding carboxylic acids is 1. The largest absolute Gasteiger partial charge is 0.494 e. The van der Waals surface area contributed by atoms with E-state index in [4.69, 9.17) is 27.9 Å². The van der Waals surface area contributed by atoms with Gasteiger partial charge < -0.3 is 15.2 Å². The summed E-state index contributed by atoms with van der Waals surface area (Å²) >= 11 is 13.0. The topological polar surface area (TPSA) is 93.5 Å². The summed E-state index contributed by atoms with van der Waals surface area (Å²) in [6.07, 6.45) is 0. The normalized spacial score (nSPS) is 10.6. The number of rotatable bonds is 7. The van der Waals surface area contributed by atoms with E-state index >= 15 is 0 Å². The van der Waals surface area contributed by atoms with Gasteiger partial charge in [0.15, 0.2) is 5.16 Å². The number of amides is 1. The maximum atomic E-state index is 12.4. The molecule has 2 N–H and O–H groups in total. The van der Waals surface area contributed by atoms with Crippen molar-refractivity contribution in [3.8, 4) is 17.3 Å². The summed E-state index contributed by atoms with van der Waals surface area (Å²) in [4.78, 5) is 28.8. The summed E-state index contributed by atoms with van der Waals surface area (Å²) in [6.45, 7) is 2.44. The lowest BCUT2D eigenvalue weighted by molar-refractivity contribution is -0.113. The molecule has 30 heavy (non-hydrogen) atoms. The minimum absolute atomic E-state index is 0.0373. The highest BCUT2D eigenvalue weighted by atomic mass is 35.5. The quantitative estimate of drug-likeness (QED) is 0.397. The average molecular weight is 466 g/mol. The molecule has 0 aliphatic carbocycles. The van der Waals surface area contributed by atoms with Crippen molar-refractivity contribution < 1.29 is 14.6 Å². The molecule has 0 bridgehead atoms. The number of thioether (sulfide) groups is 1. The van der Waals surface area contributed by atoms with Crippen LogP contribution in [0.1, 0.15) is 6.92 Å². The van der Waals surface area contributed by atoms with Gasteiger partial charge in [-0.05, 0) is 49.4 Å². The van der Waals surface area contributed by atoms with Crippen molar-refractivity contribution in [2.75, 3.05) is 17.7 Å². The lowest BCUT2D eigenvalue weighted by Gasteiger charge is -2.12. The van der Waals surface area contributed by atoms with Crippen LogP contribution in [-0.4, -0.2) is 32.9 Å². The van der Waals surface area contributed by atoms with E-state index in [2.05, 4.69) is 10.3 Å². The fourth-order valence-corrected chi connectivity index (χ4v) is 3.64. The Hall–Kier alpha value is -2.68. The van der Waals surface area contributed by atoms with Crippen LogP contribution in [0.25, 0.3) is 5.69 Å². The summed E-state index contributed by atoms with van der Waals surface area (Å²) in [5.41, 5.74) is 0.501. The monoisotopic (exact) mass is 465 g/mol. The molecule has 7 nitrogen and oxygen atoms in total. The highest BCUT2D eigenvalue weighted by Gasteiger charge is 2.14. The van der Waals surface area contributed by atoms with Gasteiger partial charge in [0.05, 0.1) is 34.2 Å². The third-order valence-electron chi connectivity index (χ3n) is 3.82. The maximum Gasteiger partial charge on any atom is 0.262 e. The Morgan fingerprint density at radius 1 is 1.17 bits per heavy atom. The number of carbonyl (C=O) groups is 1. The molecule has 0 saturated carbocycles. The zero-order chi connectivity index (χ0) is 21.7. The maximum absolute atomic E-state index is 12.4. The molecule has 0 aliphatic rings. The van der Waals surface area contributed by atoms with E-state index < -0.39 is 11.4 Å². The van der Waals surface area contributed by atoms with Gasteiger partial charge in [-0.3, -0.25) is 14.2 Å². The molecule has 0 saturated heterocycles. The second-order valence-corrected chi connectivity index (χ2v) is 7.72. The Bertz CT molecular complexity index is 1120. The van der Waals surface area contributed by atoms with Crippen LogP contribution in [-0.2, 0) is 4.79 Å². The summed E-state index contributed by atoms with van der Waals surface area (Å²) in [5, 5.41) is 13.2. The summed E-state index contributed by atoms with van der Waals surface area (Å²) < 4.78 is 6.61. The van der Waals surface area contributed by atoms with Gasteiger partial charge in [-0.15, -0.1) is 0 Å². The van der Waals surface area contributed by atoms with Crippen LogP contribution in [0, 0.1) is 0 Å². The molecule has 0 fully saturated rings. The van der Waals surface area contributed by atoms with Gasteiger partial charge in [-0.2, -0.15) is 4.98 Å². The van der Waals surface area contributed by atoms with Crippen molar-refractivity contribution in [3.63, 3.8) is 0 Å². The van der Waals surface area contributed by atoms with Gasteiger partial charge in [0.2, 0.25) is 11.8 Å². The molecular weight excluding hydrogens is 449 g/mol. The first kappa shape index (κ1) is 22.0. The Kier molecular flexibility index (Phi) is 7.25. The first-order valence-corrected chi connectivity index (χ1v) is 10.6. The molecule has 0 unspecified atom stereocenters. The fourth-order valence-electron chi connectivity index (χ4n) is 2.54. The number of nitrogens with one attached hydrogen (secondary N) is 1. The van der Waals surface area contributed by atoms with E-state index in [1.165, 1.54) is 10.6 Å². The molecule has 0 atom stereocenters. The second kappa shape index (κ2) is 9.88. The molecule has 1 heterocycles. The van der Waals surface area contributed by atoms with Gasteiger partial charge in [0, 0.05) is 5.69 Å². The van der Waals surface area contributed by atoms with Crippen molar-refractivity contribution in [3.05, 3.63) is 68.9 Å². The zero-order valence-corrected chi connectivity index (χ0v) is 18.1. The lowest BCUT2D eigenvalue weighted by Crippen LogP contribution is -2.21. The number of hydrogen-bond acceptors (Lipinski definition) is 6. The number of aromatic hydroxyl groups is 1. The van der Waals surface area contributed by atoms with E-state index in [0.717, 1.165) is 17.8 Å². The van der Waals surface area contributed by atoms with Crippen LogP contribution in [0.5, 0.6) is 11.6 Å². The standard InChI is InChI=1S/C20H17Cl2N3O4S/c1-2-29-14-6-3-12(4-7-14)23-18(27)11-30-20-24-17(26)10-19(28)25(20)13-5-8-15(21)16(22)9-13/h3-10,26H,2,11H2,1H3,(H,23,27). The SMILES string of the molecule is CCOc1ccc(NC(=O)CSc2nc(O)cc(=O)n2-c2ccc(Cl)c(Cl)c2)cc1. The van der Waals surface area contributed by atoms with E-state index in [1.54, 1.807) is 36.4 Å². The molecule has 1 aromatic heterocycles. The smallest absolute Gasteiger partial charge is 0.262 e. The van der Waals surface area contributed by atoms with Gasteiger partial charge in [0.1, 0.15) is 5.75 Å². The zero-order valence-electron chi connectivity index (χ0n) is 15.8. The molecule has 0 spiro atoms. The number of ether oxygens (including phenoxy) is 1. The van der Waals surface area contributed by atoms with Crippen molar-refractivity contribution >= 4 is 46.6 Å². The van der Waals surface area contributed by atoms with Crippen molar-refractivity contribution in [2.45, 2.75) is 12.1 Å². The Labute approximate surface area is 186 Å². The minimum Gasteiger partial charge on any atom is -0.494 e. The van der Waals surface area contributed by atoms with Crippen LogP contribution >= 0.6 is 35.0 Å². The molecule has 3 aromatic rings. The highest BCUT2D eigenvalue weighted by molar-refractivity contribution is 7.99. The van der Waals surface area contributed by atoms with Gasteiger partial charge >= 0.3 is 0 Å². The van der Waals surface area contributed by atoms with Gasteiger partial charge in [-0.1, -0.05) is 35.0 Å². The average Bonchev–Trinajstić information content (AvgIpc) is 2.70. The van der Waals surface area contributed by atoms with Crippen molar-refractivity contribution in [2.24, 2.45) is 0 Å². The number of nitrogens with zero attached hydrogens (tertiary/aromatic N) is 2. The Balaban J connectivity index is 1.76.